The highest BCUT2D eigenvalue weighted by atomic mass is 79.9. The third-order valence-corrected chi connectivity index (χ3v) is 3.63. The molecule has 0 bridgehead atoms. The zero-order chi connectivity index (χ0) is 14.0. The van der Waals surface area contributed by atoms with Crippen LogP contribution in [0.1, 0.15) is 30.8 Å². The third-order valence-electron chi connectivity index (χ3n) is 3.13. The van der Waals surface area contributed by atoms with Crippen LogP contribution in [0.4, 0.5) is 0 Å². The van der Waals surface area contributed by atoms with Gasteiger partial charge in [-0.2, -0.15) is 0 Å². The average molecular weight is 322 g/mol. The Hall–Kier alpha value is -1.16. The summed E-state index contributed by atoms with van der Waals surface area (Å²) in [5.41, 5.74) is 3.67. The maximum atomic E-state index is 4.40. The normalized spacial score (nSPS) is 11.3. The maximum absolute atomic E-state index is 4.40. The fourth-order valence-corrected chi connectivity index (χ4v) is 2.58. The lowest BCUT2D eigenvalue weighted by Crippen LogP contribution is -2.09. The van der Waals surface area contributed by atoms with Crippen LogP contribution in [0.15, 0.2) is 18.2 Å². The van der Waals surface area contributed by atoms with Crippen LogP contribution in [0.2, 0.25) is 0 Å². The van der Waals surface area contributed by atoms with Crippen molar-refractivity contribution >= 4 is 15.9 Å². The molecule has 0 saturated heterocycles. The Balaban J connectivity index is 2.55. The Morgan fingerprint density at radius 3 is 2.58 bits per heavy atom. The number of aryl methyl sites for hydroxylation is 2. The van der Waals surface area contributed by atoms with E-state index in [1.807, 2.05) is 0 Å². The molecule has 2 aromatic rings. The van der Waals surface area contributed by atoms with E-state index in [1.54, 1.807) is 0 Å². The molecule has 0 N–H and O–H groups in total. The van der Waals surface area contributed by atoms with Gasteiger partial charge in [-0.1, -0.05) is 47.5 Å². The van der Waals surface area contributed by atoms with E-state index in [2.05, 4.69) is 76.6 Å². The van der Waals surface area contributed by atoms with Gasteiger partial charge in [0.05, 0.1) is 5.33 Å². The summed E-state index contributed by atoms with van der Waals surface area (Å²) in [6, 6.07) is 6.47. The molecule has 19 heavy (non-hydrogen) atoms. The number of halogens is 1. The van der Waals surface area contributed by atoms with Crippen LogP contribution >= 0.6 is 15.9 Å². The number of rotatable bonds is 4. The summed E-state index contributed by atoms with van der Waals surface area (Å²) >= 11 is 3.49. The van der Waals surface area contributed by atoms with E-state index in [0.29, 0.717) is 5.92 Å². The molecule has 2 rings (SSSR count). The molecule has 0 saturated carbocycles. The van der Waals surface area contributed by atoms with Crippen LogP contribution < -0.4 is 0 Å². The van der Waals surface area contributed by atoms with Crippen molar-refractivity contribution < 1.29 is 0 Å². The highest BCUT2D eigenvalue weighted by molar-refractivity contribution is 9.08. The summed E-state index contributed by atoms with van der Waals surface area (Å²) in [6.45, 7) is 9.60. The predicted molar refractivity (Wildman–Crippen MR) is 82.4 cm³/mol. The Kier molecular flexibility index (Phi) is 4.40. The topological polar surface area (TPSA) is 30.7 Å². The number of hydrogen-bond donors (Lipinski definition) is 0. The standard InChI is InChI=1S/C15H20BrN3/c1-10(2)9-19-14(8-16)17-18-15(19)13-7-11(3)5-6-12(13)4/h5-7,10H,8-9H2,1-4H3. The predicted octanol–water partition coefficient (Wildman–Crippen LogP) is 4.11. The van der Waals surface area contributed by atoms with Gasteiger partial charge in [0, 0.05) is 12.1 Å². The minimum absolute atomic E-state index is 0.567. The minimum atomic E-state index is 0.567. The molecule has 3 nitrogen and oxygen atoms in total. The monoisotopic (exact) mass is 321 g/mol. The highest BCUT2D eigenvalue weighted by Gasteiger charge is 2.15. The number of alkyl halides is 1. The van der Waals surface area contributed by atoms with E-state index in [4.69, 9.17) is 0 Å². The van der Waals surface area contributed by atoms with E-state index in [0.717, 1.165) is 23.5 Å². The lowest BCUT2D eigenvalue weighted by molar-refractivity contribution is 0.516. The van der Waals surface area contributed by atoms with Gasteiger partial charge in [-0.15, -0.1) is 10.2 Å². The van der Waals surface area contributed by atoms with Gasteiger partial charge >= 0.3 is 0 Å². The van der Waals surface area contributed by atoms with Crippen molar-refractivity contribution in [3.8, 4) is 11.4 Å². The second kappa shape index (κ2) is 5.87. The second-order valence-electron chi connectivity index (χ2n) is 5.40. The molecule has 0 aliphatic carbocycles. The van der Waals surface area contributed by atoms with Gasteiger partial charge in [0.25, 0.3) is 0 Å². The van der Waals surface area contributed by atoms with Crippen LogP contribution in [0.5, 0.6) is 0 Å². The zero-order valence-electron chi connectivity index (χ0n) is 11.9. The molecule has 1 heterocycles. The van der Waals surface area contributed by atoms with Gasteiger partial charge in [-0.3, -0.25) is 0 Å². The first-order chi connectivity index (χ1) is 9.02. The molecule has 4 heteroatoms. The van der Waals surface area contributed by atoms with Crippen LogP contribution in [-0.4, -0.2) is 14.8 Å². The summed E-state index contributed by atoms with van der Waals surface area (Å²) in [5, 5.41) is 9.43. The van der Waals surface area contributed by atoms with E-state index >= 15 is 0 Å². The molecule has 0 spiro atoms. The van der Waals surface area contributed by atoms with Crippen molar-refractivity contribution in [2.45, 2.75) is 39.6 Å². The molecule has 102 valence electrons. The molecule has 0 amide bonds. The van der Waals surface area contributed by atoms with Crippen LogP contribution in [-0.2, 0) is 11.9 Å². The molecular formula is C15H20BrN3. The van der Waals surface area contributed by atoms with Crippen LogP contribution in [0, 0.1) is 19.8 Å². The summed E-state index contributed by atoms with van der Waals surface area (Å²) in [6.07, 6.45) is 0. The molecule has 0 aliphatic rings. The molecule has 1 aromatic carbocycles. The van der Waals surface area contributed by atoms with E-state index in [-0.39, 0.29) is 0 Å². The van der Waals surface area contributed by atoms with Gasteiger partial charge < -0.3 is 4.57 Å². The summed E-state index contributed by atoms with van der Waals surface area (Å²) in [4.78, 5) is 0. The van der Waals surface area contributed by atoms with Crippen molar-refractivity contribution in [3.63, 3.8) is 0 Å². The van der Waals surface area contributed by atoms with E-state index in [1.165, 1.54) is 16.7 Å². The lowest BCUT2D eigenvalue weighted by Gasteiger charge is -2.13. The first-order valence-electron chi connectivity index (χ1n) is 6.58. The smallest absolute Gasteiger partial charge is 0.164 e. The number of benzene rings is 1. The number of hydrogen-bond acceptors (Lipinski definition) is 2. The first kappa shape index (κ1) is 14.3. The Morgan fingerprint density at radius 1 is 1.21 bits per heavy atom. The number of aromatic nitrogens is 3. The molecule has 0 atom stereocenters. The quantitative estimate of drug-likeness (QED) is 0.793. The molecular weight excluding hydrogens is 302 g/mol. The molecule has 1 aromatic heterocycles. The lowest BCUT2D eigenvalue weighted by atomic mass is 10.0. The molecule has 0 aliphatic heterocycles. The van der Waals surface area contributed by atoms with Crippen molar-refractivity contribution in [2.24, 2.45) is 5.92 Å². The van der Waals surface area contributed by atoms with Crippen molar-refractivity contribution in [2.75, 3.05) is 0 Å². The highest BCUT2D eigenvalue weighted by Crippen LogP contribution is 2.25. The van der Waals surface area contributed by atoms with Crippen molar-refractivity contribution in [3.05, 3.63) is 35.2 Å². The minimum Gasteiger partial charge on any atom is -0.310 e. The van der Waals surface area contributed by atoms with Gasteiger partial charge in [-0.25, -0.2) is 0 Å². The van der Waals surface area contributed by atoms with Crippen molar-refractivity contribution in [1.29, 1.82) is 0 Å². The fraction of sp³-hybridized carbons (Fsp3) is 0.467. The second-order valence-corrected chi connectivity index (χ2v) is 5.96. The molecule has 0 radical (unpaired) electrons. The van der Waals surface area contributed by atoms with E-state index < -0.39 is 0 Å². The third kappa shape index (κ3) is 3.06. The Bertz CT molecular complexity index is 573. The Morgan fingerprint density at radius 2 is 1.95 bits per heavy atom. The first-order valence-corrected chi connectivity index (χ1v) is 7.70. The summed E-state index contributed by atoms with van der Waals surface area (Å²) < 4.78 is 2.22. The fourth-order valence-electron chi connectivity index (χ4n) is 2.17. The van der Waals surface area contributed by atoms with Crippen LogP contribution in [0.25, 0.3) is 11.4 Å². The largest absolute Gasteiger partial charge is 0.310 e. The van der Waals surface area contributed by atoms with Gasteiger partial charge in [0.2, 0.25) is 0 Å². The average Bonchev–Trinajstić information content (AvgIpc) is 2.74. The molecule has 0 fully saturated rings. The van der Waals surface area contributed by atoms with Gasteiger partial charge in [-0.05, 0) is 31.4 Å². The van der Waals surface area contributed by atoms with Gasteiger partial charge in [0.1, 0.15) is 5.82 Å². The van der Waals surface area contributed by atoms with Crippen LogP contribution in [0.3, 0.4) is 0 Å². The maximum Gasteiger partial charge on any atom is 0.164 e. The summed E-state index contributed by atoms with van der Waals surface area (Å²) in [5.74, 6) is 2.53. The van der Waals surface area contributed by atoms with Gasteiger partial charge in [0.15, 0.2) is 5.82 Å². The van der Waals surface area contributed by atoms with E-state index in [9.17, 15) is 0 Å². The Labute approximate surface area is 123 Å². The molecule has 0 unspecified atom stereocenters. The SMILES string of the molecule is Cc1ccc(C)c(-c2nnc(CBr)n2CC(C)C)c1. The zero-order valence-corrected chi connectivity index (χ0v) is 13.5. The summed E-state index contributed by atoms with van der Waals surface area (Å²) in [7, 11) is 0. The number of nitrogens with zero attached hydrogens (tertiary/aromatic N) is 3. The van der Waals surface area contributed by atoms with Crippen molar-refractivity contribution in [1.82, 2.24) is 14.8 Å².